The minimum atomic E-state index is -0.642. The van der Waals surface area contributed by atoms with E-state index >= 15 is 0 Å². The molecule has 0 aromatic rings. The predicted octanol–water partition coefficient (Wildman–Crippen LogP) is 1.03. The van der Waals surface area contributed by atoms with Gasteiger partial charge in [0, 0.05) is 18.8 Å². The molecular weight excluding hydrogens is 203 g/mol. The standard InChI is InChI=1S/C6H8Cl2N2O2/c1-3(7)4-5(11)10(8)6(12)9(4)2/h3-4H,1-2H3. The first-order valence-corrected chi connectivity index (χ1v) is 4.15. The van der Waals surface area contributed by atoms with Crippen LogP contribution in [0.1, 0.15) is 6.92 Å². The predicted molar refractivity (Wildman–Crippen MR) is 45.0 cm³/mol. The second-order valence-corrected chi connectivity index (χ2v) is 3.66. The van der Waals surface area contributed by atoms with E-state index < -0.39 is 23.4 Å². The molecule has 0 N–H and O–H groups in total. The maximum atomic E-state index is 11.2. The van der Waals surface area contributed by atoms with Crippen molar-refractivity contribution in [1.82, 2.24) is 9.32 Å². The van der Waals surface area contributed by atoms with Gasteiger partial charge in [0.15, 0.2) is 0 Å². The Hall–Kier alpha value is -0.480. The van der Waals surface area contributed by atoms with Gasteiger partial charge in [-0.25, -0.2) is 4.79 Å². The van der Waals surface area contributed by atoms with Gasteiger partial charge < -0.3 is 4.90 Å². The van der Waals surface area contributed by atoms with E-state index in [4.69, 9.17) is 23.4 Å². The maximum absolute atomic E-state index is 11.2. The fourth-order valence-corrected chi connectivity index (χ4v) is 1.63. The highest BCUT2D eigenvalue weighted by Crippen LogP contribution is 2.22. The number of urea groups is 1. The van der Waals surface area contributed by atoms with Crippen molar-refractivity contribution in [3.05, 3.63) is 0 Å². The SMILES string of the molecule is CC(Cl)C1C(=O)N(Cl)C(=O)N1C. The molecule has 0 aromatic heterocycles. The molecule has 1 rings (SSSR count). The van der Waals surface area contributed by atoms with Crippen LogP contribution in [0.2, 0.25) is 0 Å². The molecule has 0 spiro atoms. The Morgan fingerprint density at radius 2 is 2.00 bits per heavy atom. The second kappa shape index (κ2) is 3.11. The van der Waals surface area contributed by atoms with Crippen LogP contribution >= 0.6 is 23.4 Å². The van der Waals surface area contributed by atoms with E-state index in [1.165, 1.54) is 11.9 Å². The van der Waals surface area contributed by atoms with Gasteiger partial charge in [-0.05, 0) is 6.92 Å². The summed E-state index contributed by atoms with van der Waals surface area (Å²) < 4.78 is 0.559. The molecule has 2 atom stereocenters. The lowest BCUT2D eigenvalue weighted by Gasteiger charge is -2.17. The van der Waals surface area contributed by atoms with Gasteiger partial charge in [-0.2, -0.15) is 4.42 Å². The summed E-state index contributed by atoms with van der Waals surface area (Å²) in [5.41, 5.74) is 0. The number of rotatable bonds is 1. The number of alkyl halides is 1. The zero-order chi connectivity index (χ0) is 9.46. The van der Waals surface area contributed by atoms with Crippen molar-refractivity contribution >= 4 is 35.3 Å². The lowest BCUT2D eigenvalue weighted by molar-refractivity contribution is -0.125. The molecule has 1 fully saturated rings. The Labute approximate surface area is 80.1 Å². The summed E-state index contributed by atoms with van der Waals surface area (Å²) in [5.74, 6) is -0.466. The fourth-order valence-electron chi connectivity index (χ4n) is 1.14. The molecule has 0 saturated carbocycles. The van der Waals surface area contributed by atoms with Crippen LogP contribution in [-0.4, -0.2) is 39.7 Å². The van der Waals surface area contributed by atoms with Crippen molar-refractivity contribution < 1.29 is 9.59 Å². The van der Waals surface area contributed by atoms with E-state index in [2.05, 4.69) is 0 Å². The van der Waals surface area contributed by atoms with Crippen molar-refractivity contribution in [1.29, 1.82) is 0 Å². The first-order valence-electron chi connectivity index (χ1n) is 3.37. The monoisotopic (exact) mass is 210 g/mol. The average Bonchev–Trinajstić information content (AvgIpc) is 2.16. The molecule has 0 bridgehead atoms. The Morgan fingerprint density at radius 3 is 2.17 bits per heavy atom. The third kappa shape index (κ3) is 1.25. The van der Waals surface area contributed by atoms with Crippen LogP contribution in [0.15, 0.2) is 0 Å². The van der Waals surface area contributed by atoms with Gasteiger partial charge in [-0.15, -0.1) is 11.6 Å². The Morgan fingerprint density at radius 1 is 1.50 bits per heavy atom. The van der Waals surface area contributed by atoms with E-state index in [9.17, 15) is 9.59 Å². The largest absolute Gasteiger partial charge is 0.342 e. The molecule has 0 radical (unpaired) electrons. The van der Waals surface area contributed by atoms with Gasteiger partial charge >= 0.3 is 6.03 Å². The van der Waals surface area contributed by atoms with Gasteiger partial charge in [0.25, 0.3) is 5.91 Å². The summed E-state index contributed by atoms with van der Waals surface area (Å²) in [7, 11) is 1.49. The number of nitrogens with zero attached hydrogens (tertiary/aromatic N) is 2. The van der Waals surface area contributed by atoms with Crippen molar-refractivity contribution in [3.8, 4) is 0 Å². The quantitative estimate of drug-likeness (QED) is 0.369. The molecule has 68 valence electrons. The highest BCUT2D eigenvalue weighted by Gasteiger charge is 2.44. The van der Waals surface area contributed by atoms with Crippen LogP contribution in [0, 0.1) is 0 Å². The number of hydrogen-bond acceptors (Lipinski definition) is 2. The first kappa shape index (κ1) is 9.61. The molecule has 1 heterocycles. The Balaban J connectivity index is 2.91. The molecule has 3 amide bonds. The van der Waals surface area contributed by atoms with Crippen LogP contribution < -0.4 is 0 Å². The lowest BCUT2D eigenvalue weighted by Crippen LogP contribution is -2.37. The van der Waals surface area contributed by atoms with Crippen molar-refractivity contribution in [2.45, 2.75) is 18.3 Å². The molecule has 4 nitrogen and oxygen atoms in total. The summed E-state index contributed by atoms with van der Waals surface area (Å²) >= 11 is 11.1. The molecular formula is C6H8Cl2N2O2. The fraction of sp³-hybridized carbons (Fsp3) is 0.667. The first-order chi connectivity index (χ1) is 5.46. The molecule has 6 heteroatoms. The summed E-state index contributed by atoms with van der Waals surface area (Å²) in [6.07, 6.45) is 0. The number of hydrogen-bond donors (Lipinski definition) is 0. The van der Waals surface area contributed by atoms with Crippen LogP contribution in [0.5, 0.6) is 0 Å². The van der Waals surface area contributed by atoms with Gasteiger partial charge in [0.05, 0.1) is 5.38 Å². The highest BCUT2D eigenvalue weighted by atomic mass is 35.5. The number of likely N-dealkylation sites (N-methyl/N-ethyl adjacent to an activating group) is 1. The van der Waals surface area contributed by atoms with E-state index in [0.717, 1.165) is 0 Å². The minimum Gasteiger partial charge on any atom is -0.313 e. The molecule has 0 aromatic carbocycles. The molecule has 1 aliphatic heterocycles. The number of halogens is 2. The van der Waals surface area contributed by atoms with Crippen molar-refractivity contribution in [2.24, 2.45) is 0 Å². The van der Waals surface area contributed by atoms with E-state index in [1.54, 1.807) is 6.92 Å². The zero-order valence-corrected chi connectivity index (χ0v) is 8.13. The van der Waals surface area contributed by atoms with E-state index in [0.29, 0.717) is 4.42 Å². The average molecular weight is 211 g/mol. The van der Waals surface area contributed by atoms with Crippen molar-refractivity contribution in [2.75, 3.05) is 7.05 Å². The van der Waals surface area contributed by atoms with E-state index in [-0.39, 0.29) is 0 Å². The van der Waals surface area contributed by atoms with Gasteiger partial charge in [-0.3, -0.25) is 4.79 Å². The molecule has 12 heavy (non-hydrogen) atoms. The van der Waals surface area contributed by atoms with Crippen molar-refractivity contribution in [3.63, 3.8) is 0 Å². The molecule has 0 aliphatic carbocycles. The zero-order valence-electron chi connectivity index (χ0n) is 6.62. The van der Waals surface area contributed by atoms with E-state index in [1.807, 2.05) is 0 Å². The Kier molecular flexibility index (Phi) is 2.49. The van der Waals surface area contributed by atoms with Gasteiger partial charge in [-0.1, -0.05) is 0 Å². The van der Waals surface area contributed by atoms with Crippen LogP contribution in [-0.2, 0) is 4.79 Å². The van der Waals surface area contributed by atoms with Gasteiger partial charge in [0.1, 0.15) is 6.04 Å². The molecule has 2 unspecified atom stereocenters. The summed E-state index contributed by atoms with van der Waals surface area (Å²) in [6.45, 7) is 1.64. The lowest BCUT2D eigenvalue weighted by atomic mass is 10.2. The topological polar surface area (TPSA) is 40.6 Å². The minimum absolute atomic E-state index is 0.435. The summed E-state index contributed by atoms with van der Waals surface area (Å²) in [4.78, 5) is 23.5. The Bertz CT molecular complexity index is 232. The van der Waals surface area contributed by atoms with Gasteiger partial charge in [0.2, 0.25) is 0 Å². The summed E-state index contributed by atoms with van der Waals surface area (Å²) in [5, 5.41) is -0.435. The number of carbonyl (C=O) groups excluding carboxylic acids is 2. The highest BCUT2D eigenvalue weighted by molar-refractivity contribution is 6.34. The van der Waals surface area contributed by atoms with Crippen LogP contribution in [0.3, 0.4) is 0 Å². The van der Waals surface area contributed by atoms with Crippen LogP contribution in [0.4, 0.5) is 4.79 Å². The smallest absolute Gasteiger partial charge is 0.313 e. The second-order valence-electron chi connectivity index (χ2n) is 2.63. The summed E-state index contributed by atoms with van der Waals surface area (Å²) in [6, 6.07) is -1.17. The number of amides is 3. The van der Waals surface area contributed by atoms with Crippen LogP contribution in [0.25, 0.3) is 0 Å². The molecule has 1 aliphatic rings. The maximum Gasteiger partial charge on any atom is 0.342 e. The third-order valence-corrected chi connectivity index (χ3v) is 2.32. The number of imide groups is 1. The third-order valence-electron chi connectivity index (χ3n) is 1.77. The number of carbonyl (C=O) groups is 2. The normalized spacial score (nSPS) is 26.8. The molecule has 1 saturated heterocycles.